The molecule has 0 radical (unpaired) electrons. The van der Waals surface area contributed by atoms with Gasteiger partial charge in [-0.1, -0.05) is 37.9 Å². The molecule has 1 N–H and O–H groups in total. The molecule has 2 aromatic rings. The van der Waals surface area contributed by atoms with E-state index in [2.05, 4.69) is 43.8 Å². The van der Waals surface area contributed by atoms with Gasteiger partial charge in [0, 0.05) is 20.2 Å². The predicted molar refractivity (Wildman–Crippen MR) is 82.1 cm³/mol. The van der Waals surface area contributed by atoms with E-state index < -0.39 is 6.10 Å². The van der Waals surface area contributed by atoms with Crippen molar-refractivity contribution in [1.82, 2.24) is 4.98 Å². The Bertz CT molecular complexity index is 549. The van der Waals surface area contributed by atoms with Crippen molar-refractivity contribution < 1.29 is 5.11 Å². The summed E-state index contributed by atoms with van der Waals surface area (Å²) in [5.41, 5.74) is 1.95. The molecule has 1 unspecified atom stereocenters. The lowest BCUT2D eigenvalue weighted by atomic mass is 10.1. The van der Waals surface area contributed by atoms with Crippen LogP contribution in [0.1, 0.15) is 27.2 Å². The molecule has 0 bridgehead atoms. The number of rotatable bonds is 3. The fourth-order valence-corrected chi connectivity index (χ4v) is 3.96. The zero-order chi connectivity index (χ0) is 13.3. The molecular formula is C13H13Br2NOS. The molecule has 1 aromatic heterocycles. The molecule has 0 aliphatic rings. The summed E-state index contributed by atoms with van der Waals surface area (Å²) in [5, 5.41) is 11.2. The molecule has 2 nitrogen and oxygen atoms in total. The van der Waals surface area contributed by atoms with Gasteiger partial charge in [-0.05, 0) is 31.5 Å². The van der Waals surface area contributed by atoms with Crippen molar-refractivity contribution >= 4 is 43.2 Å². The summed E-state index contributed by atoms with van der Waals surface area (Å²) in [5.74, 6) is 0. The highest BCUT2D eigenvalue weighted by Crippen LogP contribution is 2.30. The third-order valence-electron chi connectivity index (χ3n) is 2.76. The molecule has 18 heavy (non-hydrogen) atoms. The lowest BCUT2D eigenvalue weighted by molar-refractivity contribution is 0.177. The second-order valence-corrected chi connectivity index (χ2v) is 7.19. The highest BCUT2D eigenvalue weighted by atomic mass is 79.9. The van der Waals surface area contributed by atoms with Crippen molar-refractivity contribution in [3.05, 3.63) is 48.3 Å². The Morgan fingerprint density at radius 3 is 2.61 bits per heavy atom. The second-order valence-electron chi connectivity index (χ2n) is 4.13. The first-order chi connectivity index (χ1) is 8.47. The number of nitrogens with zero attached hydrogens (tertiary/aromatic N) is 1. The molecule has 96 valence electrons. The Balaban J connectivity index is 2.19. The van der Waals surface area contributed by atoms with Gasteiger partial charge in [0.25, 0.3) is 0 Å². The molecule has 0 amide bonds. The lowest BCUT2D eigenvalue weighted by Gasteiger charge is -2.11. The van der Waals surface area contributed by atoms with Crippen LogP contribution in [0.4, 0.5) is 0 Å². The van der Waals surface area contributed by atoms with Gasteiger partial charge in [-0.25, -0.2) is 4.98 Å². The van der Waals surface area contributed by atoms with Crippen molar-refractivity contribution in [3.63, 3.8) is 0 Å². The number of aryl methyl sites for hydroxylation is 2. The smallest absolute Gasteiger partial charge is 0.0960 e. The summed E-state index contributed by atoms with van der Waals surface area (Å²) in [6, 6.07) is 5.80. The Hall–Kier alpha value is -0.230. The first-order valence-corrected chi connectivity index (χ1v) is 7.93. The number of aromatic nitrogens is 1. The maximum atomic E-state index is 10.3. The summed E-state index contributed by atoms with van der Waals surface area (Å²) in [6.45, 7) is 4.05. The van der Waals surface area contributed by atoms with E-state index in [0.717, 1.165) is 25.2 Å². The summed E-state index contributed by atoms with van der Waals surface area (Å²) in [4.78, 5) is 5.67. The van der Waals surface area contributed by atoms with Crippen LogP contribution in [0.5, 0.6) is 0 Å². The van der Waals surface area contributed by atoms with Gasteiger partial charge in [0.2, 0.25) is 0 Å². The first-order valence-electron chi connectivity index (χ1n) is 5.53. The summed E-state index contributed by atoms with van der Waals surface area (Å²) in [7, 11) is 0. The van der Waals surface area contributed by atoms with Gasteiger partial charge in [0.1, 0.15) is 0 Å². The predicted octanol–water partition coefficient (Wildman–Crippen LogP) is 4.56. The van der Waals surface area contributed by atoms with E-state index in [-0.39, 0.29) is 0 Å². The maximum Gasteiger partial charge on any atom is 0.0960 e. The van der Waals surface area contributed by atoms with Crippen molar-refractivity contribution in [2.75, 3.05) is 0 Å². The van der Waals surface area contributed by atoms with Gasteiger partial charge >= 0.3 is 0 Å². The average molecular weight is 391 g/mol. The van der Waals surface area contributed by atoms with Gasteiger partial charge in [0.05, 0.1) is 16.8 Å². The minimum Gasteiger partial charge on any atom is -0.388 e. The van der Waals surface area contributed by atoms with Gasteiger partial charge in [0.15, 0.2) is 0 Å². The molecule has 5 heteroatoms. The van der Waals surface area contributed by atoms with Crippen LogP contribution in [0, 0.1) is 13.8 Å². The minimum atomic E-state index is -0.530. The average Bonchev–Trinajstić information content (AvgIpc) is 2.57. The molecule has 0 aliphatic heterocycles. The minimum absolute atomic E-state index is 0.530. The number of aliphatic hydroxyl groups is 1. The van der Waals surface area contributed by atoms with Crippen LogP contribution in [0.15, 0.2) is 27.1 Å². The van der Waals surface area contributed by atoms with Gasteiger partial charge < -0.3 is 5.11 Å². The van der Waals surface area contributed by atoms with Gasteiger partial charge in [-0.15, -0.1) is 11.3 Å². The third-order valence-corrected chi connectivity index (χ3v) is 5.04. The maximum absolute atomic E-state index is 10.3. The molecule has 0 saturated heterocycles. The molecule has 1 atom stereocenters. The standard InChI is InChI=1S/C13H13Br2NOS/c1-7-8(2)18-13(16-7)6-12(17)10-4-3-9(14)5-11(10)15/h3-5,12,17H,6H2,1-2H3. The molecule has 0 spiro atoms. The Labute approximate surface area is 127 Å². The molecule has 1 heterocycles. The van der Waals surface area contributed by atoms with Crippen LogP contribution in [-0.2, 0) is 6.42 Å². The molecular weight excluding hydrogens is 378 g/mol. The van der Waals surface area contributed by atoms with Crippen LogP contribution in [0.25, 0.3) is 0 Å². The lowest BCUT2D eigenvalue weighted by Crippen LogP contribution is -2.02. The van der Waals surface area contributed by atoms with E-state index in [4.69, 9.17) is 0 Å². The van der Waals surface area contributed by atoms with E-state index in [1.807, 2.05) is 25.1 Å². The summed E-state index contributed by atoms with van der Waals surface area (Å²) < 4.78 is 1.90. The Morgan fingerprint density at radius 2 is 2.06 bits per heavy atom. The van der Waals surface area contributed by atoms with E-state index in [9.17, 15) is 5.11 Å². The van der Waals surface area contributed by atoms with Crippen molar-refractivity contribution in [2.24, 2.45) is 0 Å². The fraction of sp³-hybridized carbons (Fsp3) is 0.308. The normalized spacial score (nSPS) is 12.7. The SMILES string of the molecule is Cc1nc(CC(O)c2ccc(Br)cc2Br)sc1C. The molecule has 0 aliphatic carbocycles. The van der Waals surface area contributed by atoms with Crippen molar-refractivity contribution in [3.8, 4) is 0 Å². The Morgan fingerprint density at radius 1 is 1.33 bits per heavy atom. The highest BCUT2D eigenvalue weighted by molar-refractivity contribution is 9.11. The topological polar surface area (TPSA) is 33.1 Å². The number of hydrogen-bond donors (Lipinski definition) is 1. The van der Waals surface area contributed by atoms with Crippen LogP contribution in [0.3, 0.4) is 0 Å². The molecule has 0 saturated carbocycles. The first kappa shape index (κ1) is 14.2. The van der Waals surface area contributed by atoms with Crippen LogP contribution < -0.4 is 0 Å². The number of hydrogen-bond acceptors (Lipinski definition) is 3. The van der Waals surface area contributed by atoms with Crippen LogP contribution in [-0.4, -0.2) is 10.1 Å². The Kier molecular flexibility index (Phi) is 4.59. The van der Waals surface area contributed by atoms with Crippen LogP contribution >= 0.6 is 43.2 Å². The van der Waals surface area contributed by atoms with Crippen LogP contribution in [0.2, 0.25) is 0 Å². The molecule has 1 aromatic carbocycles. The number of benzene rings is 1. The number of thiazole rings is 1. The number of aliphatic hydroxyl groups excluding tert-OH is 1. The van der Waals surface area contributed by atoms with E-state index in [1.165, 1.54) is 4.88 Å². The summed E-state index contributed by atoms with van der Waals surface area (Å²) in [6.07, 6.45) is 0.0250. The molecule has 0 fully saturated rings. The fourth-order valence-electron chi connectivity index (χ4n) is 1.67. The van der Waals surface area contributed by atoms with Gasteiger partial charge in [-0.2, -0.15) is 0 Å². The van der Waals surface area contributed by atoms with Crippen molar-refractivity contribution in [1.29, 1.82) is 0 Å². The highest BCUT2D eigenvalue weighted by Gasteiger charge is 2.15. The van der Waals surface area contributed by atoms with E-state index in [0.29, 0.717) is 6.42 Å². The largest absolute Gasteiger partial charge is 0.388 e. The quantitative estimate of drug-likeness (QED) is 0.833. The summed E-state index contributed by atoms with van der Waals surface area (Å²) >= 11 is 8.53. The second kappa shape index (κ2) is 5.82. The third kappa shape index (κ3) is 3.20. The molecule has 2 rings (SSSR count). The number of halogens is 2. The zero-order valence-electron chi connectivity index (χ0n) is 10.1. The van der Waals surface area contributed by atoms with E-state index in [1.54, 1.807) is 11.3 Å². The van der Waals surface area contributed by atoms with E-state index >= 15 is 0 Å². The van der Waals surface area contributed by atoms with Crippen molar-refractivity contribution in [2.45, 2.75) is 26.4 Å². The van der Waals surface area contributed by atoms with Gasteiger partial charge in [-0.3, -0.25) is 0 Å². The monoisotopic (exact) mass is 389 g/mol. The zero-order valence-corrected chi connectivity index (χ0v) is 14.1.